The van der Waals surface area contributed by atoms with Crippen molar-refractivity contribution in [2.45, 2.75) is 58.9 Å². The Hall–Kier alpha value is -1.32. The minimum atomic E-state index is 0.660. The first-order valence-electron chi connectivity index (χ1n) is 7.90. The van der Waals surface area contributed by atoms with Gasteiger partial charge in [-0.15, -0.1) is 0 Å². The van der Waals surface area contributed by atoms with Crippen molar-refractivity contribution in [1.82, 2.24) is 9.97 Å². The topological polar surface area (TPSA) is 41.0 Å². The van der Waals surface area contributed by atoms with Crippen LogP contribution in [0.4, 0.5) is 11.6 Å². The summed E-state index contributed by atoms with van der Waals surface area (Å²) in [7, 11) is 1.92. The van der Waals surface area contributed by atoms with Crippen LogP contribution in [0.5, 0.6) is 0 Å². The predicted molar refractivity (Wildman–Crippen MR) is 85.4 cm³/mol. The molecule has 0 radical (unpaired) electrons. The van der Waals surface area contributed by atoms with Crippen molar-refractivity contribution < 1.29 is 0 Å². The molecule has 0 unspecified atom stereocenters. The Morgan fingerprint density at radius 2 is 2.00 bits per heavy atom. The summed E-state index contributed by atoms with van der Waals surface area (Å²) < 4.78 is 0. The van der Waals surface area contributed by atoms with Gasteiger partial charge >= 0.3 is 0 Å². The minimum Gasteiger partial charge on any atom is -0.373 e. The van der Waals surface area contributed by atoms with E-state index in [4.69, 9.17) is 0 Å². The van der Waals surface area contributed by atoms with Crippen LogP contribution in [0.3, 0.4) is 0 Å². The summed E-state index contributed by atoms with van der Waals surface area (Å²) in [5.41, 5.74) is 0. The van der Waals surface area contributed by atoms with E-state index in [2.05, 4.69) is 40.1 Å². The molecular weight excluding hydrogens is 248 g/mol. The molecule has 0 aliphatic heterocycles. The molecule has 1 aliphatic carbocycles. The van der Waals surface area contributed by atoms with Gasteiger partial charge in [0.1, 0.15) is 17.5 Å². The van der Waals surface area contributed by atoms with Gasteiger partial charge in [0.15, 0.2) is 0 Å². The van der Waals surface area contributed by atoms with E-state index in [1.165, 1.54) is 32.1 Å². The number of nitrogens with zero attached hydrogens (tertiary/aromatic N) is 3. The van der Waals surface area contributed by atoms with Crippen LogP contribution >= 0.6 is 0 Å². The number of nitrogens with one attached hydrogen (secondary N) is 1. The molecule has 4 heteroatoms. The maximum Gasteiger partial charge on any atom is 0.134 e. The Balaban J connectivity index is 2.22. The average molecular weight is 276 g/mol. The van der Waals surface area contributed by atoms with E-state index >= 15 is 0 Å². The molecule has 0 amide bonds. The second-order valence-corrected chi connectivity index (χ2v) is 6.22. The highest BCUT2D eigenvalue weighted by Gasteiger charge is 2.24. The second kappa shape index (κ2) is 6.91. The highest BCUT2D eigenvalue weighted by Crippen LogP contribution is 2.28. The molecule has 0 bridgehead atoms. The summed E-state index contributed by atoms with van der Waals surface area (Å²) >= 11 is 0. The molecule has 4 nitrogen and oxygen atoms in total. The normalized spacial score (nSPS) is 15.8. The maximum atomic E-state index is 4.68. The fourth-order valence-electron chi connectivity index (χ4n) is 2.92. The van der Waals surface area contributed by atoms with Gasteiger partial charge in [-0.05, 0) is 32.1 Å². The number of anilines is 2. The van der Waals surface area contributed by atoms with Crippen LogP contribution in [0.25, 0.3) is 0 Å². The minimum absolute atomic E-state index is 0.660. The third-order valence-corrected chi connectivity index (χ3v) is 4.09. The number of aromatic nitrogens is 2. The lowest BCUT2D eigenvalue weighted by atomic mass is 10.1. The van der Waals surface area contributed by atoms with E-state index in [-0.39, 0.29) is 0 Å². The molecule has 1 aromatic heterocycles. The molecule has 1 aromatic rings. The Labute approximate surface area is 123 Å². The van der Waals surface area contributed by atoms with Gasteiger partial charge in [0.2, 0.25) is 0 Å². The monoisotopic (exact) mass is 276 g/mol. The quantitative estimate of drug-likeness (QED) is 0.861. The average Bonchev–Trinajstić information content (AvgIpc) is 2.92. The zero-order valence-electron chi connectivity index (χ0n) is 13.3. The van der Waals surface area contributed by atoms with E-state index < -0.39 is 0 Å². The highest BCUT2D eigenvalue weighted by atomic mass is 15.2. The Morgan fingerprint density at radius 3 is 2.60 bits per heavy atom. The van der Waals surface area contributed by atoms with Crippen molar-refractivity contribution >= 4 is 11.6 Å². The number of aryl methyl sites for hydroxylation is 1. The third-order valence-electron chi connectivity index (χ3n) is 4.09. The number of rotatable bonds is 6. The van der Waals surface area contributed by atoms with E-state index in [1.807, 2.05) is 14.0 Å². The smallest absolute Gasteiger partial charge is 0.134 e. The lowest BCUT2D eigenvalue weighted by Crippen LogP contribution is -2.35. The third kappa shape index (κ3) is 3.84. The van der Waals surface area contributed by atoms with E-state index in [9.17, 15) is 0 Å². The van der Waals surface area contributed by atoms with Crippen LogP contribution in [-0.2, 0) is 0 Å². The van der Waals surface area contributed by atoms with Crippen LogP contribution in [-0.4, -0.2) is 29.6 Å². The van der Waals surface area contributed by atoms with Crippen LogP contribution in [0, 0.1) is 12.8 Å². The van der Waals surface area contributed by atoms with Gasteiger partial charge in [-0.3, -0.25) is 0 Å². The summed E-state index contributed by atoms with van der Waals surface area (Å²) in [4.78, 5) is 11.6. The standard InChI is InChI=1S/C16H28N4/c1-12(2)9-10-20(14-7-5-6-8-14)16-11-15(17-4)18-13(3)19-16/h11-12,14H,5-10H2,1-4H3,(H,17,18,19). The van der Waals surface area contributed by atoms with Gasteiger partial charge in [-0.1, -0.05) is 26.7 Å². The molecule has 0 saturated heterocycles. The summed E-state index contributed by atoms with van der Waals surface area (Å²) in [6.07, 6.45) is 6.53. The first-order chi connectivity index (χ1) is 9.60. The summed E-state index contributed by atoms with van der Waals surface area (Å²) in [5, 5.41) is 3.14. The van der Waals surface area contributed by atoms with E-state index in [0.29, 0.717) is 6.04 Å². The second-order valence-electron chi connectivity index (χ2n) is 6.22. The van der Waals surface area contributed by atoms with Crippen molar-refractivity contribution in [2.24, 2.45) is 5.92 Å². The van der Waals surface area contributed by atoms with E-state index in [1.54, 1.807) is 0 Å². The molecule has 0 spiro atoms. The molecule has 0 aromatic carbocycles. The van der Waals surface area contributed by atoms with Crippen molar-refractivity contribution in [3.63, 3.8) is 0 Å². The van der Waals surface area contributed by atoms with Crippen LogP contribution < -0.4 is 10.2 Å². The molecule has 0 atom stereocenters. The van der Waals surface area contributed by atoms with Crippen molar-refractivity contribution in [1.29, 1.82) is 0 Å². The van der Waals surface area contributed by atoms with Crippen molar-refractivity contribution in [3.8, 4) is 0 Å². The SMILES string of the molecule is CNc1cc(N(CCC(C)C)C2CCCC2)nc(C)n1. The van der Waals surface area contributed by atoms with Gasteiger partial charge in [0, 0.05) is 25.7 Å². The van der Waals surface area contributed by atoms with E-state index in [0.717, 1.165) is 29.9 Å². The fraction of sp³-hybridized carbons (Fsp3) is 0.750. The van der Waals surface area contributed by atoms with Crippen LogP contribution in [0.15, 0.2) is 6.07 Å². The van der Waals surface area contributed by atoms with Gasteiger partial charge in [0.05, 0.1) is 0 Å². The Morgan fingerprint density at radius 1 is 1.30 bits per heavy atom. The van der Waals surface area contributed by atoms with Gasteiger partial charge in [0.25, 0.3) is 0 Å². The molecule has 1 saturated carbocycles. The summed E-state index contributed by atoms with van der Waals surface area (Å²) in [5.74, 6) is 3.58. The van der Waals surface area contributed by atoms with Crippen molar-refractivity contribution in [3.05, 3.63) is 11.9 Å². The number of hydrogen-bond acceptors (Lipinski definition) is 4. The zero-order chi connectivity index (χ0) is 14.5. The molecule has 2 rings (SSSR count). The Kier molecular flexibility index (Phi) is 5.21. The lowest BCUT2D eigenvalue weighted by Gasteiger charge is -2.31. The summed E-state index contributed by atoms with van der Waals surface area (Å²) in [6, 6.07) is 2.75. The molecule has 1 N–H and O–H groups in total. The molecule has 1 fully saturated rings. The van der Waals surface area contributed by atoms with Crippen molar-refractivity contribution in [2.75, 3.05) is 23.8 Å². The fourth-order valence-corrected chi connectivity index (χ4v) is 2.92. The maximum absolute atomic E-state index is 4.68. The largest absolute Gasteiger partial charge is 0.373 e. The lowest BCUT2D eigenvalue weighted by molar-refractivity contribution is 0.524. The van der Waals surface area contributed by atoms with Gasteiger partial charge in [-0.25, -0.2) is 9.97 Å². The molecular formula is C16H28N4. The number of hydrogen-bond donors (Lipinski definition) is 1. The molecule has 20 heavy (non-hydrogen) atoms. The van der Waals surface area contributed by atoms with Crippen LogP contribution in [0.2, 0.25) is 0 Å². The zero-order valence-corrected chi connectivity index (χ0v) is 13.3. The van der Waals surface area contributed by atoms with Crippen LogP contribution in [0.1, 0.15) is 51.8 Å². The summed E-state index contributed by atoms with van der Waals surface area (Å²) in [6.45, 7) is 7.65. The van der Waals surface area contributed by atoms with Gasteiger partial charge < -0.3 is 10.2 Å². The Bertz CT molecular complexity index is 424. The first-order valence-corrected chi connectivity index (χ1v) is 7.90. The first kappa shape index (κ1) is 15.1. The molecule has 1 aliphatic rings. The molecule has 112 valence electrons. The van der Waals surface area contributed by atoms with Gasteiger partial charge in [-0.2, -0.15) is 0 Å². The predicted octanol–water partition coefficient (Wildman–Crippen LogP) is 3.62. The highest BCUT2D eigenvalue weighted by molar-refractivity contribution is 5.50. The molecule has 1 heterocycles.